The molecule has 5 nitrogen and oxygen atoms in total. The largest absolute Gasteiger partial charge is 0.394 e. The average molecular weight is 338 g/mol. The normalized spacial score (nSPS) is 22.4. The Bertz CT molecular complexity index is 776. The van der Waals surface area contributed by atoms with Crippen LogP contribution in [-0.4, -0.2) is 34.3 Å². The maximum absolute atomic E-state index is 9.59. The standard InChI is InChI=1S/C20H26N4O/c1-12(2)17(11-25)23-19-9-20(22-13(3)21-19)24-10-14-8-18(24)16-7-5-4-6-15(14)16/h4-7,9,12,14,17-18,25H,8,10-11H2,1-3H3,(H,21,22,23)/t14-,17+,18+/m1/s1. The molecule has 0 amide bonds. The molecule has 0 radical (unpaired) electrons. The number of aliphatic hydroxyl groups is 1. The predicted octanol–water partition coefficient (Wildman–Crippen LogP) is 3.26. The van der Waals surface area contributed by atoms with Gasteiger partial charge in [0.1, 0.15) is 17.5 Å². The minimum Gasteiger partial charge on any atom is -0.394 e. The monoisotopic (exact) mass is 338 g/mol. The van der Waals surface area contributed by atoms with Gasteiger partial charge in [0, 0.05) is 18.5 Å². The second-order valence-electron chi connectivity index (χ2n) is 7.57. The third kappa shape index (κ3) is 2.86. The van der Waals surface area contributed by atoms with Crippen LogP contribution in [0.4, 0.5) is 11.6 Å². The van der Waals surface area contributed by atoms with Crippen LogP contribution in [0.25, 0.3) is 0 Å². The Morgan fingerprint density at radius 2 is 2.00 bits per heavy atom. The number of rotatable bonds is 5. The second-order valence-corrected chi connectivity index (χ2v) is 7.57. The van der Waals surface area contributed by atoms with E-state index in [2.05, 4.69) is 53.3 Å². The summed E-state index contributed by atoms with van der Waals surface area (Å²) in [5.41, 5.74) is 2.95. The highest BCUT2D eigenvalue weighted by Crippen LogP contribution is 2.51. The van der Waals surface area contributed by atoms with Crippen molar-refractivity contribution in [2.45, 2.75) is 45.2 Å². The third-order valence-electron chi connectivity index (χ3n) is 5.55. The van der Waals surface area contributed by atoms with E-state index in [1.165, 1.54) is 17.5 Å². The van der Waals surface area contributed by atoms with Crippen molar-refractivity contribution in [1.82, 2.24) is 9.97 Å². The van der Waals surface area contributed by atoms with E-state index in [1.807, 2.05) is 13.0 Å². The minimum atomic E-state index is -0.00194. The van der Waals surface area contributed by atoms with Crippen LogP contribution in [0.5, 0.6) is 0 Å². The number of hydrogen-bond donors (Lipinski definition) is 2. The second kappa shape index (κ2) is 6.30. The first-order valence-electron chi connectivity index (χ1n) is 9.15. The lowest BCUT2D eigenvalue weighted by Crippen LogP contribution is -2.31. The van der Waals surface area contributed by atoms with Crippen LogP contribution in [0.2, 0.25) is 0 Å². The summed E-state index contributed by atoms with van der Waals surface area (Å²) < 4.78 is 0. The molecule has 1 aromatic carbocycles. The molecule has 0 unspecified atom stereocenters. The molecular weight excluding hydrogens is 312 g/mol. The Labute approximate surface area is 149 Å². The van der Waals surface area contributed by atoms with Gasteiger partial charge < -0.3 is 15.3 Å². The van der Waals surface area contributed by atoms with Crippen LogP contribution in [0, 0.1) is 12.8 Å². The Balaban J connectivity index is 1.62. The van der Waals surface area contributed by atoms with Gasteiger partial charge in [0.05, 0.1) is 18.7 Å². The first kappa shape index (κ1) is 16.3. The molecule has 2 aliphatic rings. The van der Waals surface area contributed by atoms with E-state index in [1.54, 1.807) is 0 Å². The number of anilines is 2. The highest BCUT2D eigenvalue weighted by atomic mass is 16.3. The third-order valence-corrected chi connectivity index (χ3v) is 5.55. The number of nitrogens with zero attached hydrogens (tertiary/aromatic N) is 3. The molecule has 1 aliphatic heterocycles. The fourth-order valence-corrected chi connectivity index (χ4v) is 4.18. The summed E-state index contributed by atoms with van der Waals surface area (Å²) in [5, 5.41) is 13.0. The van der Waals surface area contributed by atoms with Crippen LogP contribution in [0.1, 0.15) is 49.2 Å². The number of benzene rings is 1. The first-order chi connectivity index (χ1) is 12.1. The van der Waals surface area contributed by atoms with Crippen molar-refractivity contribution in [3.05, 3.63) is 47.3 Å². The predicted molar refractivity (Wildman–Crippen MR) is 100.0 cm³/mol. The van der Waals surface area contributed by atoms with Gasteiger partial charge in [-0.2, -0.15) is 0 Å². The van der Waals surface area contributed by atoms with Crippen LogP contribution in [0.3, 0.4) is 0 Å². The Morgan fingerprint density at radius 1 is 1.24 bits per heavy atom. The Morgan fingerprint density at radius 3 is 2.72 bits per heavy atom. The lowest BCUT2D eigenvalue weighted by atomic mass is 9.99. The zero-order valence-electron chi connectivity index (χ0n) is 15.1. The van der Waals surface area contributed by atoms with E-state index in [9.17, 15) is 5.11 Å². The molecule has 0 saturated carbocycles. The molecular formula is C20H26N4O. The summed E-state index contributed by atoms with van der Waals surface area (Å²) in [5.74, 6) is 3.48. The SMILES string of the molecule is Cc1nc(N[C@@H](CO)C(C)C)cc(N2C[C@H]3C[C@H]2c2ccccc23)n1. The summed E-state index contributed by atoms with van der Waals surface area (Å²) in [6.07, 6.45) is 1.18. The average Bonchev–Trinajstić information content (AvgIpc) is 3.18. The van der Waals surface area contributed by atoms with E-state index in [0.717, 1.165) is 24.0 Å². The fourth-order valence-electron chi connectivity index (χ4n) is 4.18. The fraction of sp³-hybridized carbons (Fsp3) is 0.500. The number of fused-ring (bicyclic) bond motifs is 5. The van der Waals surface area contributed by atoms with Crippen molar-refractivity contribution < 1.29 is 5.11 Å². The molecule has 3 atom stereocenters. The number of nitrogens with one attached hydrogen (secondary N) is 1. The van der Waals surface area contributed by atoms with Crippen LogP contribution >= 0.6 is 0 Å². The van der Waals surface area contributed by atoms with Gasteiger partial charge in [-0.05, 0) is 30.4 Å². The molecule has 1 aromatic heterocycles. The summed E-state index contributed by atoms with van der Waals surface area (Å²) in [6.45, 7) is 7.24. The zero-order valence-corrected chi connectivity index (χ0v) is 15.1. The van der Waals surface area contributed by atoms with Gasteiger partial charge in [-0.15, -0.1) is 0 Å². The topological polar surface area (TPSA) is 61.3 Å². The highest BCUT2D eigenvalue weighted by molar-refractivity contribution is 5.57. The molecule has 0 spiro atoms. The summed E-state index contributed by atoms with van der Waals surface area (Å²) in [7, 11) is 0. The lowest BCUT2D eigenvalue weighted by Gasteiger charge is -2.30. The van der Waals surface area contributed by atoms with Gasteiger partial charge >= 0.3 is 0 Å². The molecule has 1 aliphatic carbocycles. The number of hydrogen-bond acceptors (Lipinski definition) is 5. The summed E-state index contributed by atoms with van der Waals surface area (Å²) in [6, 6.07) is 11.2. The lowest BCUT2D eigenvalue weighted by molar-refractivity contribution is 0.249. The molecule has 5 heteroatoms. The molecule has 25 heavy (non-hydrogen) atoms. The van der Waals surface area contributed by atoms with E-state index in [0.29, 0.717) is 17.9 Å². The highest BCUT2D eigenvalue weighted by Gasteiger charge is 2.42. The van der Waals surface area contributed by atoms with Gasteiger partial charge in [0.25, 0.3) is 0 Å². The Hall–Kier alpha value is -2.14. The minimum absolute atomic E-state index is 0.00194. The van der Waals surface area contributed by atoms with Crippen LogP contribution in [-0.2, 0) is 0 Å². The van der Waals surface area contributed by atoms with Crippen molar-refractivity contribution >= 4 is 11.6 Å². The van der Waals surface area contributed by atoms with Crippen molar-refractivity contribution in [3.8, 4) is 0 Å². The van der Waals surface area contributed by atoms with Gasteiger partial charge in [-0.3, -0.25) is 0 Å². The summed E-state index contributed by atoms with van der Waals surface area (Å²) >= 11 is 0. The molecule has 1 fully saturated rings. The van der Waals surface area contributed by atoms with Crippen molar-refractivity contribution in [2.75, 3.05) is 23.4 Å². The molecule has 2 bridgehead atoms. The maximum atomic E-state index is 9.59. The molecule has 2 aromatic rings. The summed E-state index contributed by atoms with van der Waals surface area (Å²) in [4.78, 5) is 11.6. The van der Waals surface area contributed by atoms with E-state index < -0.39 is 0 Å². The zero-order chi connectivity index (χ0) is 17.6. The molecule has 2 N–H and O–H groups in total. The maximum Gasteiger partial charge on any atom is 0.134 e. The van der Waals surface area contributed by atoms with Crippen LogP contribution < -0.4 is 10.2 Å². The number of aryl methyl sites for hydroxylation is 1. The van der Waals surface area contributed by atoms with Crippen molar-refractivity contribution in [2.24, 2.45) is 5.92 Å². The molecule has 132 valence electrons. The number of aromatic nitrogens is 2. The van der Waals surface area contributed by atoms with Gasteiger partial charge in [0.2, 0.25) is 0 Å². The van der Waals surface area contributed by atoms with E-state index >= 15 is 0 Å². The smallest absolute Gasteiger partial charge is 0.134 e. The molecule has 2 heterocycles. The van der Waals surface area contributed by atoms with Gasteiger partial charge in [-0.25, -0.2) is 9.97 Å². The molecule has 4 rings (SSSR count). The van der Waals surface area contributed by atoms with Crippen molar-refractivity contribution in [3.63, 3.8) is 0 Å². The van der Waals surface area contributed by atoms with E-state index in [4.69, 9.17) is 4.98 Å². The Kier molecular flexibility index (Phi) is 4.12. The van der Waals surface area contributed by atoms with Crippen molar-refractivity contribution in [1.29, 1.82) is 0 Å². The molecule has 1 saturated heterocycles. The quantitative estimate of drug-likeness (QED) is 0.876. The van der Waals surface area contributed by atoms with Crippen LogP contribution in [0.15, 0.2) is 30.3 Å². The number of aliphatic hydroxyl groups excluding tert-OH is 1. The van der Waals surface area contributed by atoms with Gasteiger partial charge in [0.15, 0.2) is 0 Å². The van der Waals surface area contributed by atoms with E-state index in [-0.39, 0.29) is 12.6 Å². The van der Waals surface area contributed by atoms with Gasteiger partial charge in [-0.1, -0.05) is 38.1 Å². The first-order valence-corrected chi connectivity index (χ1v) is 9.15.